The highest BCUT2D eigenvalue weighted by Crippen LogP contribution is 1.95. The summed E-state index contributed by atoms with van der Waals surface area (Å²) in [6.45, 7) is 6.01. The van der Waals surface area contributed by atoms with E-state index in [4.69, 9.17) is 4.74 Å². The van der Waals surface area contributed by atoms with Crippen molar-refractivity contribution in [3.63, 3.8) is 0 Å². The molecule has 4 nitrogen and oxygen atoms in total. The average Bonchev–Trinajstić information content (AvgIpc) is 1.87. The molecule has 0 amide bonds. The Bertz CT molecular complexity index is 113. The van der Waals surface area contributed by atoms with Crippen molar-refractivity contribution in [3.05, 3.63) is 0 Å². The second-order valence-corrected chi connectivity index (χ2v) is 1.82. The summed E-state index contributed by atoms with van der Waals surface area (Å²) >= 11 is 0. The molecule has 0 heterocycles. The third-order valence-corrected chi connectivity index (χ3v) is 0.926. The highest BCUT2D eigenvalue weighted by molar-refractivity contribution is 5.59. The molecule has 0 aliphatic rings. The van der Waals surface area contributed by atoms with Gasteiger partial charge in [-0.25, -0.2) is 4.79 Å². The number of ether oxygens (including phenoxy) is 3. The van der Waals surface area contributed by atoms with Crippen molar-refractivity contribution in [2.45, 2.75) is 27.1 Å². The van der Waals surface area contributed by atoms with Crippen LogP contribution in [0, 0.1) is 0 Å². The lowest BCUT2D eigenvalue weighted by atomic mass is 10.7. The van der Waals surface area contributed by atoms with Crippen LogP contribution in [0.4, 0.5) is 4.79 Å². The van der Waals surface area contributed by atoms with Crippen LogP contribution in [0.15, 0.2) is 0 Å². The first kappa shape index (κ1) is 10.2. The lowest BCUT2D eigenvalue weighted by molar-refractivity contribution is -0.106. The molecule has 0 aromatic rings. The Labute approximate surface area is 66.4 Å². The van der Waals surface area contributed by atoms with Gasteiger partial charge in [-0.2, -0.15) is 0 Å². The molecule has 0 saturated heterocycles. The summed E-state index contributed by atoms with van der Waals surface area (Å²) in [6, 6.07) is 0. The number of hydrogen-bond donors (Lipinski definition) is 0. The zero-order chi connectivity index (χ0) is 8.69. The molecule has 0 fully saturated rings. The van der Waals surface area contributed by atoms with Crippen molar-refractivity contribution in [2.24, 2.45) is 0 Å². The molecule has 1 atom stereocenters. The predicted octanol–water partition coefficient (Wildman–Crippen LogP) is 1.54. The van der Waals surface area contributed by atoms with Gasteiger partial charge in [-0.15, -0.1) is 0 Å². The van der Waals surface area contributed by atoms with Crippen LogP contribution < -0.4 is 0 Å². The summed E-state index contributed by atoms with van der Waals surface area (Å²) in [4.78, 5) is 10.6. The normalized spacial score (nSPS) is 12.3. The molecule has 4 heteroatoms. The third-order valence-electron chi connectivity index (χ3n) is 0.926. The van der Waals surface area contributed by atoms with Gasteiger partial charge in [0.15, 0.2) is 0 Å². The van der Waals surface area contributed by atoms with E-state index in [0.717, 1.165) is 0 Å². The van der Waals surface area contributed by atoms with E-state index in [-0.39, 0.29) is 0 Å². The molecule has 0 aliphatic heterocycles. The van der Waals surface area contributed by atoms with Crippen molar-refractivity contribution in [2.75, 3.05) is 13.2 Å². The Morgan fingerprint density at radius 3 is 2.45 bits per heavy atom. The summed E-state index contributed by atoms with van der Waals surface area (Å²) in [5.74, 6) is 0. The molecule has 0 rings (SSSR count). The van der Waals surface area contributed by atoms with Crippen LogP contribution in [0.3, 0.4) is 0 Å². The maximum absolute atomic E-state index is 10.6. The molecular weight excluding hydrogens is 148 g/mol. The highest BCUT2D eigenvalue weighted by atomic mass is 16.8. The first-order chi connectivity index (χ1) is 5.20. The van der Waals surface area contributed by atoms with Crippen molar-refractivity contribution >= 4 is 6.16 Å². The van der Waals surface area contributed by atoms with E-state index in [1.165, 1.54) is 0 Å². The van der Waals surface area contributed by atoms with Crippen LogP contribution in [-0.2, 0) is 14.2 Å². The van der Waals surface area contributed by atoms with Crippen LogP contribution in [0.25, 0.3) is 0 Å². The Morgan fingerprint density at radius 1 is 1.36 bits per heavy atom. The van der Waals surface area contributed by atoms with E-state index >= 15 is 0 Å². The van der Waals surface area contributed by atoms with E-state index in [2.05, 4.69) is 9.47 Å². The van der Waals surface area contributed by atoms with Gasteiger partial charge in [0.25, 0.3) is 0 Å². The van der Waals surface area contributed by atoms with Gasteiger partial charge in [-0.3, -0.25) is 0 Å². The fourth-order valence-corrected chi connectivity index (χ4v) is 0.556. The van der Waals surface area contributed by atoms with Gasteiger partial charge >= 0.3 is 6.16 Å². The topological polar surface area (TPSA) is 44.8 Å². The first-order valence-corrected chi connectivity index (χ1v) is 3.65. The van der Waals surface area contributed by atoms with E-state index in [9.17, 15) is 4.79 Å². The second kappa shape index (κ2) is 5.97. The number of hydrogen-bond acceptors (Lipinski definition) is 4. The SMILES string of the molecule is CCOC(=O)OC(C)OCC. The lowest BCUT2D eigenvalue weighted by Crippen LogP contribution is -2.18. The van der Waals surface area contributed by atoms with E-state index in [1.54, 1.807) is 13.8 Å². The van der Waals surface area contributed by atoms with Gasteiger partial charge in [0.1, 0.15) is 0 Å². The molecule has 1 unspecified atom stereocenters. The molecule has 0 aromatic heterocycles. The first-order valence-electron chi connectivity index (χ1n) is 3.65. The minimum absolute atomic E-state index is 0.317. The van der Waals surface area contributed by atoms with Gasteiger partial charge in [0.2, 0.25) is 6.29 Å². The lowest BCUT2D eigenvalue weighted by Gasteiger charge is -2.11. The van der Waals surface area contributed by atoms with Gasteiger partial charge < -0.3 is 14.2 Å². The summed E-state index contributed by atoms with van der Waals surface area (Å²) in [5.41, 5.74) is 0. The molecule has 11 heavy (non-hydrogen) atoms. The monoisotopic (exact) mass is 162 g/mol. The smallest absolute Gasteiger partial charge is 0.435 e. The van der Waals surface area contributed by atoms with Crippen molar-refractivity contribution < 1.29 is 19.0 Å². The predicted molar refractivity (Wildman–Crippen MR) is 39.2 cm³/mol. The molecule has 66 valence electrons. The Hall–Kier alpha value is -0.770. The number of carbonyl (C=O) groups is 1. The summed E-state index contributed by atoms with van der Waals surface area (Å²) in [7, 11) is 0. The zero-order valence-corrected chi connectivity index (χ0v) is 7.12. The summed E-state index contributed by atoms with van der Waals surface area (Å²) < 4.78 is 14.1. The second-order valence-electron chi connectivity index (χ2n) is 1.82. The van der Waals surface area contributed by atoms with Crippen LogP contribution in [-0.4, -0.2) is 25.7 Å². The number of carbonyl (C=O) groups excluding carboxylic acids is 1. The fraction of sp³-hybridized carbons (Fsp3) is 0.857. The van der Waals surface area contributed by atoms with Crippen molar-refractivity contribution in [1.82, 2.24) is 0 Å². The molecular formula is C7H14O4. The Morgan fingerprint density at radius 2 is 2.00 bits per heavy atom. The highest BCUT2D eigenvalue weighted by Gasteiger charge is 2.08. The van der Waals surface area contributed by atoms with Crippen LogP contribution in [0.2, 0.25) is 0 Å². The number of rotatable bonds is 4. The Balaban J connectivity index is 3.40. The van der Waals surface area contributed by atoms with Gasteiger partial charge in [-0.1, -0.05) is 0 Å². The Kier molecular flexibility index (Phi) is 5.56. The van der Waals surface area contributed by atoms with Crippen LogP contribution in [0.1, 0.15) is 20.8 Å². The molecule has 0 aromatic carbocycles. The molecule has 0 aliphatic carbocycles. The maximum atomic E-state index is 10.6. The minimum atomic E-state index is -0.687. The van der Waals surface area contributed by atoms with Crippen LogP contribution in [0.5, 0.6) is 0 Å². The maximum Gasteiger partial charge on any atom is 0.510 e. The van der Waals surface area contributed by atoms with Gasteiger partial charge in [-0.05, 0) is 20.8 Å². The quantitative estimate of drug-likeness (QED) is 0.464. The fourth-order valence-electron chi connectivity index (χ4n) is 0.556. The van der Waals surface area contributed by atoms with Crippen molar-refractivity contribution in [3.8, 4) is 0 Å². The molecule has 0 radical (unpaired) electrons. The molecule has 0 saturated carbocycles. The zero-order valence-electron chi connectivity index (χ0n) is 7.12. The minimum Gasteiger partial charge on any atom is -0.435 e. The molecule has 0 bridgehead atoms. The standard InChI is InChI=1S/C7H14O4/c1-4-9-6(3)11-7(8)10-5-2/h6H,4-5H2,1-3H3. The van der Waals surface area contributed by atoms with E-state index in [0.29, 0.717) is 13.2 Å². The van der Waals surface area contributed by atoms with E-state index in [1.807, 2.05) is 6.92 Å². The third kappa shape index (κ3) is 5.66. The van der Waals surface area contributed by atoms with Crippen LogP contribution >= 0.6 is 0 Å². The summed E-state index contributed by atoms with van der Waals surface area (Å²) in [5, 5.41) is 0. The molecule has 0 N–H and O–H groups in total. The van der Waals surface area contributed by atoms with Gasteiger partial charge in [0, 0.05) is 6.61 Å². The van der Waals surface area contributed by atoms with E-state index < -0.39 is 12.4 Å². The van der Waals surface area contributed by atoms with Crippen molar-refractivity contribution in [1.29, 1.82) is 0 Å². The average molecular weight is 162 g/mol. The van der Waals surface area contributed by atoms with Gasteiger partial charge in [0.05, 0.1) is 6.61 Å². The summed E-state index contributed by atoms with van der Waals surface area (Å²) in [6.07, 6.45) is -1.22. The molecule has 0 spiro atoms. The largest absolute Gasteiger partial charge is 0.510 e.